The maximum Gasteiger partial charge on any atom is 0.391 e. The first kappa shape index (κ1) is 19.7. The lowest BCUT2D eigenvalue weighted by molar-refractivity contribution is -0.186. The van der Waals surface area contributed by atoms with E-state index in [-0.39, 0.29) is 31.8 Å². The van der Waals surface area contributed by atoms with Gasteiger partial charge in [-0.1, -0.05) is 0 Å². The van der Waals surface area contributed by atoms with Crippen molar-refractivity contribution in [2.75, 3.05) is 31.6 Å². The summed E-state index contributed by atoms with van der Waals surface area (Å²) < 4.78 is 44.1. The average Bonchev–Trinajstić information content (AvgIpc) is 3.37. The average molecular weight is 409 g/mol. The van der Waals surface area contributed by atoms with Crippen LogP contribution in [0.1, 0.15) is 19.3 Å². The first-order valence-electron chi connectivity index (χ1n) is 9.55. The molecule has 2 fully saturated rings. The zero-order valence-corrected chi connectivity index (χ0v) is 15.9. The van der Waals surface area contributed by atoms with Gasteiger partial charge in [-0.2, -0.15) is 23.3 Å². The Hall–Kier alpha value is -2.62. The Bertz CT molecular complexity index is 863. The largest absolute Gasteiger partial charge is 0.480 e. The molecule has 0 radical (unpaired) electrons. The van der Waals surface area contributed by atoms with Gasteiger partial charge in [0.2, 0.25) is 11.8 Å². The van der Waals surface area contributed by atoms with Crippen molar-refractivity contribution < 1.29 is 22.7 Å². The van der Waals surface area contributed by atoms with E-state index in [4.69, 9.17) is 4.74 Å². The maximum absolute atomic E-state index is 13.0. The number of nitrogens with one attached hydrogen (secondary N) is 1. The molecule has 1 N–H and O–H groups in total. The minimum absolute atomic E-state index is 0.0404. The maximum atomic E-state index is 13.0. The molecule has 2 aromatic heterocycles. The number of aromatic amines is 1. The highest BCUT2D eigenvalue weighted by atomic mass is 19.4. The number of hydrogen-bond acceptors (Lipinski definition) is 5. The number of ether oxygens (including phenoxy) is 1. The zero-order valence-electron chi connectivity index (χ0n) is 15.9. The van der Waals surface area contributed by atoms with Gasteiger partial charge < -0.3 is 4.74 Å². The van der Waals surface area contributed by atoms with Gasteiger partial charge in [0.1, 0.15) is 5.82 Å². The molecular formula is C19H22F3N5O2. The van der Waals surface area contributed by atoms with E-state index in [2.05, 4.69) is 15.2 Å². The molecule has 29 heavy (non-hydrogen) atoms. The fraction of sp³-hybridized carbons (Fsp3) is 0.526. The lowest BCUT2D eigenvalue weighted by atomic mass is 9.95. The summed E-state index contributed by atoms with van der Waals surface area (Å²) in [6.45, 7) is 1.04. The van der Waals surface area contributed by atoms with Crippen LogP contribution in [0.25, 0.3) is 11.1 Å². The van der Waals surface area contributed by atoms with Gasteiger partial charge in [0.15, 0.2) is 0 Å². The number of piperidine rings is 1. The smallest absolute Gasteiger partial charge is 0.391 e. The van der Waals surface area contributed by atoms with Gasteiger partial charge in [0.25, 0.3) is 0 Å². The Morgan fingerprint density at radius 1 is 1.17 bits per heavy atom. The second-order valence-corrected chi connectivity index (χ2v) is 7.36. The molecular weight excluding hydrogens is 387 g/mol. The molecule has 0 aromatic carbocycles. The van der Waals surface area contributed by atoms with E-state index < -0.39 is 18.1 Å². The van der Waals surface area contributed by atoms with Crippen molar-refractivity contribution in [1.82, 2.24) is 20.1 Å². The molecule has 2 aliphatic heterocycles. The molecule has 0 spiro atoms. The van der Waals surface area contributed by atoms with E-state index in [0.717, 1.165) is 11.1 Å². The van der Waals surface area contributed by atoms with Crippen molar-refractivity contribution in [3.8, 4) is 17.0 Å². The molecule has 2 saturated heterocycles. The van der Waals surface area contributed by atoms with Crippen LogP contribution >= 0.6 is 0 Å². The summed E-state index contributed by atoms with van der Waals surface area (Å²) in [6.07, 6.45) is -0.128. The minimum atomic E-state index is -4.16. The van der Waals surface area contributed by atoms with Crippen molar-refractivity contribution in [3.63, 3.8) is 0 Å². The lowest BCUT2D eigenvalue weighted by Gasteiger charge is -2.35. The third-order valence-corrected chi connectivity index (χ3v) is 5.74. The summed E-state index contributed by atoms with van der Waals surface area (Å²) in [5.41, 5.74) is 1.57. The van der Waals surface area contributed by atoms with Crippen LogP contribution < -0.4 is 9.64 Å². The highest BCUT2D eigenvalue weighted by molar-refractivity contribution is 5.99. The first-order valence-corrected chi connectivity index (χ1v) is 9.55. The normalized spacial score (nSPS) is 21.7. The zero-order chi connectivity index (χ0) is 20.6. The summed E-state index contributed by atoms with van der Waals surface area (Å²) in [4.78, 5) is 20.9. The minimum Gasteiger partial charge on any atom is -0.480 e. The van der Waals surface area contributed by atoms with Crippen molar-refractivity contribution in [2.24, 2.45) is 5.92 Å². The third kappa shape index (κ3) is 3.81. The Labute approximate surface area is 165 Å². The second-order valence-electron chi connectivity index (χ2n) is 7.36. The number of amides is 1. The molecule has 1 unspecified atom stereocenters. The molecule has 4 heterocycles. The van der Waals surface area contributed by atoms with Gasteiger partial charge >= 0.3 is 6.18 Å². The molecule has 1 atom stereocenters. The number of hydrogen-bond donors (Lipinski definition) is 1. The standard InChI is InChI=1S/C19H22F3N5O2/c1-29-17-14(12-10-23-24-11-12)2-3-16(25-17)27-9-6-15(18(27)28)26-7-4-13(5-8-26)19(20,21)22/h2-3,10-11,13,15H,4-9H2,1H3,(H,23,24). The number of nitrogens with zero attached hydrogens (tertiary/aromatic N) is 4. The lowest BCUT2D eigenvalue weighted by Crippen LogP contribution is -2.47. The fourth-order valence-electron chi connectivity index (χ4n) is 4.12. The van der Waals surface area contributed by atoms with Gasteiger partial charge in [0.05, 0.1) is 25.3 Å². The molecule has 2 aliphatic rings. The number of aromatic nitrogens is 3. The number of pyridine rings is 1. The number of carbonyl (C=O) groups is 1. The fourth-order valence-corrected chi connectivity index (χ4v) is 4.12. The summed E-state index contributed by atoms with van der Waals surface area (Å²) >= 11 is 0. The van der Waals surface area contributed by atoms with E-state index in [9.17, 15) is 18.0 Å². The van der Waals surface area contributed by atoms with Crippen LogP contribution in [0.4, 0.5) is 19.0 Å². The van der Waals surface area contributed by atoms with Crippen LogP contribution in [0.5, 0.6) is 5.88 Å². The molecule has 0 aliphatic carbocycles. The topological polar surface area (TPSA) is 74.3 Å². The molecule has 1 amide bonds. The summed E-state index contributed by atoms with van der Waals surface area (Å²) in [5, 5.41) is 6.66. The van der Waals surface area contributed by atoms with E-state index in [1.807, 2.05) is 11.0 Å². The number of likely N-dealkylation sites (tertiary alicyclic amines) is 1. The highest BCUT2D eigenvalue weighted by Crippen LogP contribution is 2.36. The number of rotatable bonds is 4. The molecule has 0 bridgehead atoms. The summed E-state index contributed by atoms with van der Waals surface area (Å²) in [7, 11) is 1.51. The van der Waals surface area contributed by atoms with Crippen LogP contribution in [0, 0.1) is 5.92 Å². The van der Waals surface area contributed by atoms with Crippen LogP contribution in [0.3, 0.4) is 0 Å². The number of H-pyrrole nitrogens is 1. The monoisotopic (exact) mass is 409 g/mol. The van der Waals surface area contributed by atoms with Crippen molar-refractivity contribution >= 4 is 11.7 Å². The highest BCUT2D eigenvalue weighted by Gasteiger charge is 2.44. The van der Waals surface area contributed by atoms with E-state index >= 15 is 0 Å². The van der Waals surface area contributed by atoms with Crippen molar-refractivity contribution in [3.05, 3.63) is 24.5 Å². The quantitative estimate of drug-likeness (QED) is 0.841. The van der Waals surface area contributed by atoms with Gasteiger partial charge in [0, 0.05) is 23.9 Å². The molecule has 4 rings (SSSR count). The Kier molecular flexibility index (Phi) is 5.20. The Morgan fingerprint density at radius 3 is 2.55 bits per heavy atom. The SMILES string of the molecule is COc1nc(N2CCC(N3CCC(C(F)(F)F)CC3)C2=O)ccc1-c1cn[nH]c1. The number of anilines is 1. The second kappa shape index (κ2) is 7.66. The molecule has 10 heteroatoms. The van der Waals surface area contributed by atoms with Gasteiger partial charge in [-0.15, -0.1) is 0 Å². The van der Waals surface area contributed by atoms with E-state index in [1.165, 1.54) is 7.11 Å². The van der Waals surface area contributed by atoms with Gasteiger partial charge in [-0.25, -0.2) is 0 Å². The van der Waals surface area contributed by atoms with Crippen LogP contribution in [-0.2, 0) is 4.79 Å². The van der Waals surface area contributed by atoms with Crippen LogP contribution in [0.15, 0.2) is 24.5 Å². The number of halogens is 3. The Morgan fingerprint density at radius 2 is 1.93 bits per heavy atom. The third-order valence-electron chi connectivity index (χ3n) is 5.74. The predicted octanol–water partition coefficient (Wildman–Crippen LogP) is 2.86. The van der Waals surface area contributed by atoms with Gasteiger partial charge in [-0.05, 0) is 44.5 Å². The molecule has 2 aromatic rings. The number of methoxy groups -OCH3 is 1. The molecule has 0 saturated carbocycles. The summed E-state index contributed by atoms with van der Waals surface area (Å²) in [5.74, 6) is -0.535. The number of alkyl halides is 3. The van der Waals surface area contributed by atoms with E-state index in [1.54, 1.807) is 23.4 Å². The van der Waals surface area contributed by atoms with Gasteiger partial charge in [-0.3, -0.25) is 19.7 Å². The predicted molar refractivity (Wildman–Crippen MR) is 99.5 cm³/mol. The Balaban J connectivity index is 1.47. The van der Waals surface area contributed by atoms with Crippen molar-refractivity contribution in [2.45, 2.75) is 31.5 Å². The van der Waals surface area contributed by atoms with Crippen molar-refractivity contribution in [1.29, 1.82) is 0 Å². The number of carbonyl (C=O) groups excluding carboxylic acids is 1. The molecule has 7 nitrogen and oxygen atoms in total. The molecule has 156 valence electrons. The van der Waals surface area contributed by atoms with E-state index in [0.29, 0.717) is 24.7 Å². The van der Waals surface area contributed by atoms with Crippen LogP contribution in [-0.4, -0.2) is 65.0 Å². The first-order chi connectivity index (χ1) is 13.9. The summed E-state index contributed by atoms with van der Waals surface area (Å²) in [6, 6.07) is 3.17. The van der Waals surface area contributed by atoms with Crippen LogP contribution in [0.2, 0.25) is 0 Å².